The number of rotatable bonds is 3. The fraction of sp³-hybridized carbons (Fsp3) is 0.143. The average Bonchev–Trinajstić information content (AvgIpc) is 2.89. The Morgan fingerprint density at radius 2 is 2.14 bits per heavy atom. The maximum atomic E-state index is 12.2. The molecule has 2 aromatic heterocycles. The Morgan fingerprint density at radius 1 is 1.33 bits per heavy atom. The number of carbonyl (C=O) groups is 1. The van der Waals surface area contributed by atoms with Gasteiger partial charge < -0.3 is 10.3 Å². The van der Waals surface area contributed by atoms with Crippen LogP contribution < -0.4 is 11.0 Å². The Bertz CT molecular complexity index is 865. The van der Waals surface area contributed by atoms with Gasteiger partial charge in [0.1, 0.15) is 5.69 Å². The van der Waals surface area contributed by atoms with Crippen molar-refractivity contribution in [3.63, 3.8) is 0 Å². The number of amides is 1. The van der Waals surface area contributed by atoms with Crippen molar-refractivity contribution in [1.82, 2.24) is 25.5 Å². The molecule has 0 unspecified atom stereocenters. The number of hydrogen-bond acceptors (Lipinski definition) is 4. The van der Waals surface area contributed by atoms with Crippen LogP contribution in [0.1, 0.15) is 21.9 Å². The fourth-order valence-corrected chi connectivity index (χ4v) is 2.10. The number of fused-ring (bicyclic) bond motifs is 1. The Morgan fingerprint density at radius 3 is 2.90 bits per heavy atom. The number of para-hydroxylation sites is 1. The predicted molar refractivity (Wildman–Crippen MR) is 76.9 cm³/mol. The topological polar surface area (TPSA) is 104 Å². The van der Waals surface area contributed by atoms with Crippen molar-refractivity contribution < 1.29 is 4.79 Å². The highest BCUT2D eigenvalue weighted by Gasteiger charge is 2.13. The molecule has 106 valence electrons. The highest BCUT2D eigenvalue weighted by molar-refractivity contribution is 6.04. The molecule has 0 aliphatic rings. The SMILES string of the molecule is Cc1cc(CNC(=O)c2nc(=O)[nH]c3ccccc23)n[nH]1. The van der Waals surface area contributed by atoms with Gasteiger partial charge >= 0.3 is 5.69 Å². The van der Waals surface area contributed by atoms with Gasteiger partial charge in [0, 0.05) is 11.1 Å². The van der Waals surface area contributed by atoms with E-state index < -0.39 is 11.6 Å². The molecule has 0 saturated carbocycles. The second-order valence-corrected chi connectivity index (χ2v) is 4.66. The first-order valence-electron chi connectivity index (χ1n) is 6.41. The summed E-state index contributed by atoms with van der Waals surface area (Å²) in [7, 11) is 0. The summed E-state index contributed by atoms with van der Waals surface area (Å²) in [5.74, 6) is -0.405. The van der Waals surface area contributed by atoms with Crippen LogP contribution in [0.2, 0.25) is 0 Å². The van der Waals surface area contributed by atoms with Crippen molar-refractivity contribution in [3.8, 4) is 0 Å². The average molecular weight is 283 g/mol. The van der Waals surface area contributed by atoms with Gasteiger partial charge in [-0.15, -0.1) is 0 Å². The van der Waals surface area contributed by atoms with Gasteiger partial charge in [-0.2, -0.15) is 10.1 Å². The number of benzene rings is 1. The summed E-state index contributed by atoms with van der Waals surface area (Å²) in [6.45, 7) is 2.15. The third kappa shape index (κ3) is 2.66. The zero-order valence-corrected chi connectivity index (χ0v) is 11.3. The maximum absolute atomic E-state index is 12.2. The summed E-state index contributed by atoms with van der Waals surface area (Å²) in [6.07, 6.45) is 0. The number of aromatic nitrogens is 4. The van der Waals surface area contributed by atoms with Gasteiger partial charge in [-0.3, -0.25) is 9.89 Å². The Hall–Kier alpha value is -2.96. The van der Waals surface area contributed by atoms with E-state index >= 15 is 0 Å². The van der Waals surface area contributed by atoms with E-state index in [4.69, 9.17) is 0 Å². The van der Waals surface area contributed by atoms with Crippen LogP contribution in [0.15, 0.2) is 35.1 Å². The molecule has 0 aliphatic heterocycles. The molecule has 2 heterocycles. The highest BCUT2D eigenvalue weighted by Crippen LogP contribution is 2.12. The van der Waals surface area contributed by atoms with Gasteiger partial charge in [0.25, 0.3) is 5.91 Å². The molecule has 7 heteroatoms. The molecule has 7 nitrogen and oxygen atoms in total. The Kier molecular flexibility index (Phi) is 3.23. The number of nitrogens with zero attached hydrogens (tertiary/aromatic N) is 2. The lowest BCUT2D eigenvalue weighted by molar-refractivity contribution is 0.0947. The quantitative estimate of drug-likeness (QED) is 0.664. The van der Waals surface area contributed by atoms with Crippen molar-refractivity contribution >= 4 is 16.8 Å². The summed E-state index contributed by atoms with van der Waals surface area (Å²) >= 11 is 0. The number of carbonyl (C=O) groups excluding carboxylic acids is 1. The molecule has 3 rings (SSSR count). The number of hydrogen-bond donors (Lipinski definition) is 3. The van der Waals surface area contributed by atoms with Crippen molar-refractivity contribution in [2.75, 3.05) is 0 Å². The molecule has 1 aromatic carbocycles. The Labute approximate surface area is 119 Å². The first-order valence-corrected chi connectivity index (χ1v) is 6.41. The number of aryl methyl sites for hydroxylation is 1. The van der Waals surface area contributed by atoms with Crippen LogP contribution in [0, 0.1) is 6.92 Å². The van der Waals surface area contributed by atoms with Crippen molar-refractivity contribution in [1.29, 1.82) is 0 Å². The number of aromatic amines is 2. The van der Waals surface area contributed by atoms with Gasteiger partial charge in [0.2, 0.25) is 0 Å². The van der Waals surface area contributed by atoms with Gasteiger partial charge in [0.15, 0.2) is 0 Å². The summed E-state index contributed by atoms with van der Waals surface area (Å²) in [4.78, 5) is 30.1. The first-order chi connectivity index (χ1) is 10.1. The van der Waals surface area contributed by atoms with Crippen LogP contribution in [-0.4, -0.2) is 26.1 Å². The number of H-pyrrole nitrogens is 2. The normalized spacial score (nSPS) is 10.7. The summed E-state index contributed by atoms with van der Waals surface area (Å²) in [6, 6.07) is 8.88. The molecule has 0 spiro atoms. The van der Waals surface area contributed by atoms with Crippen molar-refractivity contribution in [3.05, 3.63) is 57.9 Å². The lowest BCUT2D eigenvalue weighted by atomic mass is 10.2. The molecular weight excluding hydrogens is 270 g/mol. The molecule has 21 heavy (non-hydrogen) atoms. The third-order valence-electron chi connectivity index (χ3n) is 3.04. The van der Waals surface area contributed by atoms with E-state index in [0.717, 1.165) is 11.4 Å². The van der Waals surface area contributed by atoms with E-state index in [2.05, 4.69) is 25.5 Å². The molecule has 0 atom stereocenters. The largest absolute Gasteiger partial charge is 0.346 e. The van der Waals surface area contributed by atoms with Crippen molar-refractivity contribution in [2.24, 2.45) is 0 Å². The number of nitrogens with one attached hydrogen (secondary N) is 3. The summed E-state index contributed by atoms with van der Waals surface area (Å²) in [5.41, 5.74) is 1.78. The fourth-order valence-electron chi connectivity index (χ4n) is 2.10. The molecule has 0 aliphatic carbocycles. The molecule has 0 fully saturated rings. The van der Waals surface area contributed by atoms with E-state index in [-0.39, 0.29) is 12.2 Å². The maximum Gasteiger partial charge on any atom is 0.346 e. The Balaban J connectivity index is 1.89. The van der Waals surface area contributed by atoms with E-state index in [9.17, 15) is 9.59 Å². The second-order valence-electron chi connectivity index (χ2n) is 4.66. The molecular formula is C14H13N5O2. The van der Waals surface area contributed by atoms with Crippen LogP contribution in [0.25, 0.3) is 10.9 Å². The zero-order chi connectivity index (χ0) is 14.8. The molecule has 3 N–H and O–H groups in total. The predicted octanol–water partition coefficient (Wildman–Crippen LogP) is 0.885. The van der Waals surface area contributed by atoms with Gasteiger partial charge in [0.05, 0.1) is 17.8 Å². The van der Waals surface area contributed by atoms with Crippen LogP contribution in [-0.2, 0) is 6.54 Å². The second kappa shape index (κ2) is 5.20. The molecule has 1 amide bonds. The summed E-state index contributed by atoms with van der Waals surface area (Å²) < 4.78 is 0. The first kappa shape index (κ1) is 13.0. The lowest BCUT2D eigenvalue weighted by Gasteiger charge is -2.05. The van der Waals surface area contributed by atoms with Gasteiger partial charge in [-0.05, 0) is 19.1 Å². The minimum absolute atomic E-state index is 0.113. The minimum Gasteiger partial charge on any atom is -0.345 e. The van der Waals surface area contributed by atoms with E-state index in [1.54, 1.807) is 24.3 Å². The lowest BCUT2D eigenvalue weighted by Crippen LogP contribution is -2.27. The highest BCUT2D eigenvalue weighted by atomic mass is 16.2. The standard InChI is InChI=1S/C14H13N5O2/c1-8-6-9(19-18-8)7-15-13(20)12-10-4-2-3-5-11(10)16-14(21)17-12/h2-6H,7H2,1H3,(H,15,20)(H,18,19)(H,16,17,21). The molecule has 0 radical (unpaired) electrons. The minimum atomic E-state index is -0.547. The molecule has 0 bridgehead atoms. The van der Waals surface area contributed by atoms with Gasteiger partial charge in [-0.1, -0.05) is 18.2 Å². The molecule has 0 saturated heterocycles. The van der Waals surface area contributed by atoms with Gasteiger partial charge in [-0.25, -0.2) is 4.79 Å². The smallest absolute Gasteiger partial charge is 0.345 e. The molecule has 3 aromatic rings. The van der Waals surface area contributed by atoms with Crippen LogP contribution in [0.5, 0.6) is 0 Å². The van der Waals surface area contributed by atoms with E-state index in [0.29, 0.717) is 10.9 Å². The van der Waals surface area contributed by atoms with Crippen LogP contribution in [0.3, 0.4) is 0 Å². The van der Waals surface area contributed by atoms with Crippen LogP contribution >= 0.6 is 0 Å². The third-order valence-corrected chi connectivity index (χ3v) is 3.04. The summed E-state index contributed by atoms with van der Waals surface area (Å²) in [5, 5.41) is 10.1. The van der Waals surface area contributed by atoms with Crippen LogP contribution in [0.4, 0.5) is 0 Å². The zero-order valence-electron chi connectivity index (χ0n) is 11.3. The van der Waals surface area contributed by atoms with E-state index in [1.807, 2.05) is 13.0 Å². The van der Waals surface area contributed by atoms with E-state index in [1.165, 1.54) is 0 Å². The van der Waals surface area contributed by atoms with Crippen molar-refractivity contribution in [2.45, 2.75) is 13.5 Å². The monoisotopic (exact) mass is 283 g/mol.